The van der Waals surface area contributed by atoms with Gasteiger partial charge in [-0.05, 0) is 18.6 Å². The van der Waals surface area contributed by atoms with Gasteiger partial charge in [0, 0.05) is 13.2 Å². The quantitative estimate of drug-likeness (QED) is 0.738. The van der Waals surface area contributed by atoms with Crippen molar-refractivity contribution in [2.75, 3.05) is 6.61 Å². The van der Waals surface area contributed by atoms with Crippen molar-refractivity contribution in [1.29, 1.82) is 0 Å². The van der Waals surface area contributed by atoms with Crippen molar-refractivity contribution in [1.82, 2.24) is 9.88 Å². The van der Waals surface area contributed by atoms with Gasteiger partial charge in [-0.1, -0.05) is 6.92 Å². The van der Waals surface area contributed by atoms with Gasteiger partial charge >= 0.3 is 0 Å². The molecule has 2 N–H and O–H groups in total. The third-order valence-electron chi connectivity index (χ3n) is 2.22. The molecule has 1 aromatic heterocycles. The number of nitrogens with zero attached hydrogens (tertiary/aromatic N) is 1. The van der Waals surface area contributed by atoms with Crippen molar-refractivity contribution in [3.05, 3.63) is 24.0 Å². The van der Waals surface area contributed by atoms with Crippen LogP contribution in [0.2, 0.25) is 0 Å². The molecule has 4 nitrogen and oxygen atoms in total. The van der Waals surface area contributed by atoms with Crippen LogP contribution in [0.1, 0.15) is 23.8 Å². The zero-order valence-electron chi connectivity index (χ0n) is 8.53. The highest BCUT2D eigenvalue weighted by atomic mass is 16.3. The fraction of sp³-hybridized carbons (Fsp3) is 0.500. The monoisotopic (exact) mass is 196 g/mol. The molecule has 1 unspecified atom stereocenters. The van der Waals surface area contributed by atoms with Crippen LogP contribution in [0.25, 0.3) is 0 Å². The molecule has 1 aromatic rings. The Hall–Kier alpha value is -1.29. The van der Waals surface area contributed by atoms with Gasteiger partial charge in [-0.15, -0.1) is 0 Å². The van der Waals surface area contributed by atoms with Crippen molar-refractivity contribution < 1.29 is 9.90 Å². The highest BCUT2D eigenvalue weighted by molar-refractivity contribution is 5.92. The van der Waals surface area contributed by atoms with Gasteiger partial charge in [-0.2, -0.15) is 0 Å². The second-order valence-corrected chi connectivity index (χ2v) is 3.27. The molecule has 0 bridgehead atoms. The smallest absolute Gasteiger partial charge is 0.268 e. The van der Waals surface area contributed by atoms with Crippen LogP contribution < -0.4 is 5.32 Å². The number of carbonyl (C=O) groups excluding carboxylic acids is 1. The summed E-state index contributed by atoms with van der Waals surface area (Å²) in [7, 11) is 1.81. The largest absolute Gasteiger partial charge is 0.394 e. The molecule has 1 rings (SSSR count). The molecule has 14 heavy (non-hydrogen) atoms. The van der Waals surface area contributed by atoms with Gasteiger partial charge in [0.2, 0.25) is 0 Å². The molecule has 0 aromatic carbocycles. The predicted octanol–water partition coefficient (Wildman–Crippen LogP) is 0.526. The van der Waals surface area contributed by atoms with Crippen molar-refractivity contribution in [3.8, 4) is 0 Å². The summed E-state index contributed by atoms with van der Waals surface area (Å²) in [6.07, 6.45) is 2.54. The fourth-order valence-electron chi connectivity index (χ4n) is 1.23. The normalized spacial score (nSPS) is 12.5. The number of aromatic nitrogens is 1. The Labute approximate surface area is 83.5 Å². The molecule has 1 atom stereocenters. The maximum Gasteiger partial charge on any atom is 0.268 e. The third-order valence-corrected chi connectivity index (χ3v) is 2.22. The minimum absolute atomic E-state index is 0.0212. The Morgan fingerprint density at radius 3 is 2.86 bits per heavy atom. The molecule has 0 saturated carbocycles. The molecule has 4 heteroatoms. The molecular formula is C10H16N2O2. The van der Waals surface area contributed by atoms with Gasteiger partial charge in [-0.3, -0.25) is 4.79 Å². The summed E-state index contributed by atoms with van der Waals surface area (Å²) in [6.45, 7) is 1.90. The van der Waals surface area contributed by atoms with Crippen LogP contribution in [0.4, 0.5) is 0 Å². The van der Waals surface area contributed by atoms with Crippen LogP contribution in [0.3, 0.4) is 0 Å². The van der Waals surface area contributed by atoms with Crippen LogP contribution in [0.5, 0.6) is 0 Å². The van der Waals surface area contributed by atoms with Gasteiger partial charge < -0.3 is 15.0 Å². The third kappa shape index (κ3) is 2.35. The predicted molar refractivity (Wildman–Crippen MR) is 54.0 cm³/mol. The first kappa shape index (κ1) is 10.8. The van der Waals surface area contributed by atoms with Gasteiger partial charge in [-0.25, -0.2) is 0 Å². The zero-order chi connectivity index (χ0) is 10.6. The van der Waals surface area contributed by atoms with E-state index < -0.39 is 0 Å². The van der Waals surface area contributed by atoms with E-state index in [0.29, 0.717) is 5.69 Å². The number of aliphatic hydroxyl groups excluding tert-OH is 1. The van der Waals surface area contributed by atoms with E-state index in [9.17, 15) is 4.79 Å². The van der Waals surface area contributed by atoms with Crippen molar-refractivity contribution >= 4 is 5.91 Å². The average Bonchev–Trinajstić information content (AvgIpc) is 2.60. The number of nitrogens with one attached hydrogen (secondary N) is 1. The molecule has 1 amide bonds. The van der Waals surface area contributed by atoms with Gasteiger partial charge in [0.1, 0.15) is 5.69 Å². The average molecular weight is 196 g/mol. The number of aliphatic hydroxyl groups is 1. The summed E-state index contributed by atoms with van der Waals surface area (Å²) in [5, 5.41) is 11.7. The number of carbonyl (C=O) groups is 1. The van der Waals surface area contributed by atoms with E-state index in [-0.39, 0.29) is 18.6 Å². The first-order valence-electron chi connectivity index (χ1n) is 4.72. The second-order valence-electron chi connectivity index (χ2n) is 3.27. The molecule has 0 aliphatic heterocycles. The standard InChI is InChI=1S/C10H16N2O2/c1-3-8(7-13)11-10(14)9-5-4-6-12(9)2/h4-6,8,13H,3,7H2,1-2H3,(H,11,14). The summed E-state index contributed by atoms with van der Waals surface area (Å²) in [6, 6.07) is 3.41. The van der Waals surface area contributed by atoms with E-state index in [4.69, 9.17) is 5.11 Å². The molecule has 0 spiro atoms. The van der Waals surface area contributed by atoms with Crippen molar-refractivity contribution in [3.63, 3.8) is 0 Å². The van der Waals surface area contributed by atoms with E-state index in [0.717, 1.165) is 6.42 Å². The molecule has 0 saturated heterocycles. The number of hydrogen-bond donors (Lipinski definition) is 2. The van der Waals surface area contributed by atoms with Crippen LogP contribution in [-0.2, 0) is 7.05 Å². The topological polar surface area (TPSA) is 54.3 Å². The van der Waals surface area contributed by atoms with Crippen LogP contribution in [0.15, 0.2) is 18.3 Å². The van der Waals surface area contributed by atoms with Gasteiger partial charge in [0.15, 0.2) is 0 Å². The number of rotatable bonds is 4. The van der Waals surface area contributed by atoms with Crippen LogP contribution in [0, 0.1) is 0 Å². The van der Waals surface area contributed by atoms with Crippen LogP contribution >= 0.6 is 0 Å². The molecule has 0 aliphatic carbocycles. The molecule has 0 fully saturated rings. The summed E-state index contributed by atoms with van der Waals surface area (Å²) >= 11 is 0. The Balaban J connectivity index is 2.63. The molecular weight excluding hydrogens is 180 g/mol. The van der Waals surface area contributed by atoms with Crippen molar-refractivity contribution in [2.24, 2.45) is 7.05 Å². The SMILES string of the molecule is CCC(CO)NC(=O)c1cccn1C. The van der Waals surface area contributed by atoms with E-state index >= 15 is 0 Å². The maximum atomic E-state index is 11.6. The summed E-state index contributed by atoms with van der Waals surface area (Å²) in [5.41, 5.74) is 0.608. The highest BCUT2D eigenvalue weighted by Crippen LogP contribution is 2.00. The second kappa shape index (κ2) is 4.81. The number of amides is 1. The van der Waals surface area contributed by atoms with E-state index in [2.05, 4.69) is 5.32 Å². The molecule has 1 heterocycles. The summed E-state index contributed by atoms with van der Waals surface area (Å²) in [5.74, 6) is -0.140. The van der Waals surface area contributed by atoms with E-state index in [1.807, 2.05) is 26.2 Å². The van der Waals surface area contributed by atoms with E-state index in [1.54, 1.807) is 10.6 Å². The lowest BCUT2D eigenvalue weighted by molar-refractivity contribution is 0.0906. The number of aryl methyl sites for hydroxylation is 1. The molecule has 0 aliphatic rings. The molecule has 0 radical (unpaired) electrons. The Bertz CT molecular complexity index is 303. The fourth-order valence-corrected chi connectivity index (χ4v) is 1.23. The first-order valence-corrected chi connectivity index (χ1v) is 4.72. The first-order chi connectivity index (χ1) is 6.69. The summed E-state index contributed by atoms with van der Waals surface area (Å²) < 4.78 is 1.75. The molecule has 78 valence electrons. The lowest BCUT2D eigenvalue weighted by atomic mass is 10.2. The van der Waals surface area contributed by atoms with Crippen molar-refractivity contribution in [2.45, 2.75) is 19.4 Å². The van der Waals surface area contributed by atoms with Gasteiger partial charge in [0.25, 0.3) is 5.91 Å². The minimum Gasteiger partial charge on any atom is -0.394 e. The number of hydrogen-bond acceptors (Lipinski definition) is 2. The Morgan fingerprint density at radius 1 is 1.71 bits per heavy atom. The maximum absolute atomic E-state index is 11.6. The minimum atomic E-state index is -0.155. The van der Waals surface area contributed by atoms with Gasteiger partial charge in [0.05, 0.1) is 12.6 Å². The summed E-state index contributed by atoms with van der Waals surface area (Å²) in [4.78, 5) is 11.6. The Morgan fingerprint density at radius 2 is 2.43 bits per heavy atom. The lowest BCUT2D eigenvalue weighted by Gasteiger charge is -2.13. The Kier molecular flexibility index (Phi) is 3.71. The lowest BCUT2D eigenvalue weighted by Crippen LogP contribution is -2.37. The highest BCUT2D eigenvalue weighted by Gasteiger charge is 2.12. The van der Waals surface area contributed by atoms with E-state index in [1.165, 1.54) is 0 Å². The van der Waals surface area contributed by atoms with Crippen LogP contribution in [-0.4, -0.2) is 28.2 Å². The zero-order valence-corrected chi connectivity index (χ0v) is 8.53.